The fourth-order valence-electron chi connectivity index (χ4n) is 12.0. The normalized spacial score (nSPS) is 15.3. The van der Waals surface area contributed by atoms with Gasteiger partial charge in [0.25, 0.3) is 0 Å². The van der Waals surface area contributed by atoms with Crippen LogP contribution in [0.25, 0.3) is 64.6 Å². The van der Waals surface area contributed by atoms with E-state index in [0.29, 0.717) is 0 Å². The summed E-state index contributed by atoms with van der Waals surface area (Å²) in [6.45, 7) is 5.02. The molecule has 0 N–H and O–H groups in total. The Morgan fingerprint density at radius 1 is 0.517 bits per heavy atom. The van der Waals surface area contributed by atoms with Gasteiger partial charge in [0.05, 0.1) is 27.2 Å². The maximum Gasteiger partial charge on any atom is 0.113 e. The molecule has 0 atom stereocenters. The molecule has 3 aliphatic carbocycles. The van der Waals surface area contributed by atoms with Crippen LogP contribution in [0.15, 0.2) is 164 Å². The molecule has 60 heavy (non-hydrogen) atoms. The van der Waals surface area contributed by atoms with Gasteiger partial charge in [0.15, 0.2) is 0 Å². The molecule has 4 heterocycles. The smallest absolute Gasteiger partial charge is 0.113 e. The monoisotopic (exact) mass is 799 g/mol. The third-order valence-electron chi connectivity index (χ3n) is 14.4. The maximum atomic E-state index is 5.06. The second kappa shape index (κ2) is 11.5. The third kappa shape index (κ3) is 3.96. The van der Waals surface area contributed by atoms with E-state index in [2.05, 4.69) is 170 Å². The van der Waals surface area contributed by atoms with Crippen LogP contribution in [0, 0.1) is 0 Å². The van der Waals surface area contributed by atoms with Crippen LogP contribution in [0.4, 0.5) is 17.1 Å². The number of thiophene rings is 1. The number of fused-ring (bicyclic) bond motifs is 16. The van der Waals surface area contributed by atoms with E-state index in [4.69, 9.17) is 9.97 Å². The molecule has 0 bridgehead atoms. The topological polar surface area (TPSA) is 29.0 Å². The van der Waals surface area contributed by atoms with E-state index in [-0.39, 0.29) is 0 Å². The van der Waals surface area contributed by atoms with Gasteiger partial charge in [-0.2, -0.15) is 0 Å². The number of rotatable bonds is 3. The van der Waals surface area contributed by atoms with Crippen molar-refractivity contribution in [3.05, 3.63) is 197 Å². The molecule has 10 aromatic rings. The van der Waals surface area contributed by atoms with Gasteiger partial charge >= 0.3 is 0 Å². The van der Waals surface area contributed by atoms with Gasteiger partial charge in [0.2, 0.25) is 0 Å². The summed E-state index contributed by atoms with van der Waals surface area (Å²) in [5.74, 6) is 0. The summed E-state index contributed by atoms with van der Waals surface area (Å²) in [6.07, 6.45) is 6.03. The van der Waals surface area contributed by atoms with Gasteiger partial charge in [0.1, 0.15) is 8.07 Å². The Labute approximate surface area is 353 Å². The minimum Gasteiger partial charge on any atom is -0.309 e. The Kier molecular flexibility index (Phi) is 6.38. The summed E-state index contributed by atoms with van der Waals surface area (Å²) < 4.78 is 2.64. The van der Waals surface area contributed by atoms with Crippen LogP contribution in [0.1, 0.15) is 33.4 Å². The number of aromatic nitrogens is 2. The zero-order chi connectivity index (χ0) is 39.5. The number of hydrogen-bond acceptors (Lipinski definition) is 4. The highest BCUT2D eigenvalue weighted by Crippen LogP contribution is 2.63. The largest absolute Gasteiger partial charge is 0.309 e. The van der Waals surface area contributed by atoms with Gasteiger partial charge < -0.3 is 4.90 Å². The lowest BCUT2D eigenvalue weighted by atomic mass is 9.61. The van der Waals surface area contributed by atoms with Gasteiger partial charge in [-0.3, -0.25) is 9.97 Å². The Bertz CT molecular complexity index is 3490. The van der Waals surface area contributed by atoms with Crippen molar-refractivity contribution < 1.29 is 0 Å². The van der Waals surface area contributed by atoms with E-state index in [9.17, 15) is 0 Å². The summed E-state index contributed by atoms with van der Waals surface area (Å²) in [4.78, 5) is 12.6. The van der Waals surface area contributed by atoms with E-state index in [0.717, 1.165) is 29.9 Å². The van der Waals surface area contributed by atoms with Crippen molar-refractivity contribution in [1.82, 2.24) is 9.97 Å². The lowest BCUT2D eigenvalue weighted by Gasteiger charge is -2.40. The zero-order valence-electron chi connectivity index (χ0n) is 33.3. The first-order chi connectivity index (χ1) is 29.5. The number of nitrogens with zero attached hydrogens (tertiary/aromatic N) is 3. The maximum absolute atomic E-state index is 5.06. The fourth-order valence-corrected chi connectivity index (χ4v) is 16.4. The molecule has 14 rings (SSSR count). The van der Waals surface area contributed by atoms with Crippen LogP contribution in [-0.2, 0) is 18.3 Å². The van der Waals surface area contributed by atoms with Crippen LogP contribution in [0.2, 0.25) is 13.1 Å². The predicted octanol–water partition coefficient (Wildman–Crippen LogP) is 12.7. The number of para-hydroxylation sites is 1. The third-order valence-corrected chi connectivity index (χ3v) is 19.3. The van der Waals surface area contributed by atoms with E-state index < -0.39 is 13.5 Å². The van der Waals surface area contributed by atoms with Gasteiger partial charge in [0, 0.05) is 44.8 Å². The molecule has 0 saturated heterocycles. The van der Waals surface area contributed by atoms with Gasteiger partial charge in [-0.05, 0) is 127 Å². The second-order valence-electron chi connectivity index (χ2n) is 17.5. The van der Waals surface area contributed by atoms with E-state index in [1.807, 2.05) is 23.7 Å². The van der Waals surface area contributed by atoms with Gasteiger partial charge in [-0.15, -0.1) is 11.3 Å². The molecule has 1 aliphatic heterocycles. The minimum absolute atomic E-state index is 0.544. The summed E-state index contributed by atoms with van der Waals surface area (Å²) >= 11 is 1.96. The SMILES string of the molecule is C[Si]1(C)c2ccccc2-c2ccc(N(c3ccccc3)c3cccc4c3sc3c5c(ccc34)C3(c4cccnc4-c4ncccc43)c3ccc4c6c(ccc-5c36)CC4)cc21. The summed E-state index contributed by atoms with van der Waals surface area (Å²) in [5, 5.41) is 8.50. The average Bonchev–Trinajstić information content (AvgIpc) is 4.03. The van der Waals surface area contributed by atoms with Crippen molar-refractivity contribution in [1.29, 1.82) is 0 Å². The quantitative estimate of drug-likeness (QED) is 0.167. The highest BCUT2D eigenvalue weighted by molar-refractivity contribution is 7.27. The number of hydrogen-bond donors (Lipinski definition) is 0. The molecule has 282 valence electrons. The average molecular weight is 800 g/mol. The molecule has 3 aromatic heterocycles. The molecule has 4 aliphatic rings. The molecule has 0 amide bonds. The highest BCUT2D eigenvalue weighted by Gasteiger charge is 2.52. The number of anilines is 3. The minimum atomic E-state index is -1.91. The number of pyridine rings is 2. The Morgan fingerprint density at radius 3 is 2.00 bits per heavy atom. The van der Waals surface area contributed by atoms with Crippen molar-refractivity contribution in [3.63, 3.8) is 0 Å². The summed E-state index contributed by atoms with van der Waals surface area (Å²) in [6, 6.07) is 57.7. The standard InChI is InChI=1S/C55H37N3SSi/c1-60(2)46-18-7-6-13-36(46)37-25-23-35(31-47(37)60)58(34-11-4-3-5-12-34)45-17-8-14-38-39-26-28-42-50(54(39)59-53(38)45)40-24-21-32-19-20-33-22-27-41(49(40)48(32)33)55(42)43-15-9-29-56-51(43)52-44(55)16-10-30-57-52/h3-18,21-31H,19-20H2,1-2H3. The van der Waals surface area contributed by atoms with Crippen molar-refractivity contribution in [2.75, 3.05) is 4.90 Å². The van der Waals surface area contributed by atoms with Crippen molar-refractivity contribution in [3.8, 4) is 33.6 Å². The Balaban J connectivity index is 1.08. The lowest BCUT2D eigenvalue weighted by Crippen LogP contribution is -2.49. The van der Waals surface area contributed by atoms with Crippen LogP contribution in [0.3, 0.4) is 0 Å². The molecular formula is C55H37N3SSi. The summed E-state index contributed by atoms with van der Waals surface area (Å²) in [5.41, 5.74) is 18.6. The Hall–Kier alpha value is -6.66. The van der Waals surface area contributed by atoms with Crippen molar-refractivity contribution >= 4 is 77.8 Å². The van der Waals surface area contributed by atoms with Crippen molar-refractivity contribution in [2.24, 2.45) is 0 Å². The Morgan fingerprint density at radius 2 is 1.20 bits per heavy atom. The lowest BCUT2D eigenvalue weighted by molar-refractivity contribution is 0.771. The first kappa shape index (κ1) is 33.2. The first-order valence-electron chi connectivity index (χ1n) is 21.1. The van der Waals surface area contributed by atoms with Crippen LogP contribution in [0.5, 0.6) is 0 Å². The number of benzene rings is 7. The van der Waals surface area contributed by atoms with Gasteiger partial charge in [-0.25, -0.2) is 0 Å². The number of aryl methyl sites for hydroxylation is 2. The molecule has 0 radical (unpaired) electrons. The molecule has 0 unspecified atom stereocenters. The van der Waals surface area contributed by atoms with E-state index in [1.165, 1.54) is 108 Å². The molecule has 3 nitrogen and oxygen atoms in total. The fraction of sp³-hybridized carbons (Fsp3) is 0.0909. The highest BCUT2D eigenvalue weighted by atomic mass is 32.1. The van der Waals surface area contributed by atoms with Crippen LogP contribution in [-0.4, -0.2) is 18.0 Å². The van der Waals surface area contributed by atoms with E-state index >= 15 is 0 Å². The van der Waals surface area contributed by atoms with Gasteiger partial charge in [-0.1, -0.05) is 122 Å². The second-order valence-corrected chi connectivity index (χ2v) is 22.9. The predicted molar refractivity (Wildman–Crippen MR) is 253 cm³/mol. The molecule has 0 saturated carbocycles. The van der Waals surface area contributed by atoms with Crippen LogP contribution >= 0.6 is 11.3 Å². The molecular weight excluding hydrogens is 763 g/mol. The molecule has 0 fully saturated rings. The zero-order valence-corrected chi connectivity index (χ0v) is 35.1. The summed E-state index contributed by atoms with van der Waals surface area (Å²) in [7, 11) is -1.91. The first-order valence-corrected chi connectivity index (χ1v) is 24.9. The van der Waals surface area contributed by atoms with Crippen molar-refractivity contribution in [2.45, 2.75) is 31.4 Å². The van der Waals surface area contributed by atoms with Crippen LogP contribution < -0.4 is 15.3 Å². The molecule has 7 aromatic carbocycles. The van der Waals surface area contributed by atoms with E-state index in [1.54, 1.807) is 0 Å². The molecule has 5 heteroatoms. The molecule has 1 spiro atoms.